The molecule has 6 nitrogen and oxygen atoms in total. The van der Waals surface area contributed by atoms with Crippen LogP contribution in [0.4, 0.5) is 10.5 Å². The average molecular weight is 364 g/mol. The van der Waals surface area contributed by atoms with E-state index < -0.39 is 18.0 Å². The molecule has 0 heterocycles. The zero-order valence-corrected chi connectivity index (χ0v) is 11.8. The molecule has 98 valence electrons. The molecule has 3 N–H and O–H groups in total. The molecule has 2 amide bonds. The first-order chi connectivity index (χ1) is 8.54. The summed E-state index contributed by atoms with van der Waals surface area (Å²) in [4.78, 5) is 22.4. The van der Waals surface area contributed by atoms with E-state index in [1.165, 1.54) is 7.11 Å². The smallest absolute Gasteiger partial charge is 0.328 e. The first-order valence-electron chi connectivity index (χ1n) is 5.08. The van der Waals surface area contributed by atoms with Crippen molar-refractivity contribution in [3.05, 3.63) is 27.8 Å². The minimum atomic E-state index is -1.14. The van der Waals surface area contributed by atoms with E-state index in [0.717, 1.165) is 3.57 Å². The number of carbonyl (C=O) groups is 2. The fraction of sp³-hybridized carbons (Fsp3) is 0.273. The second-order valence-corrected chi connectivity index (χ2v) is 4.59. The summed E-state index contributed by atoms with van der Waals surface area (Å²) >= 11 is 2.07. The van der Waals surface area contributed by atoms with Crippen LogP contribution in [0.1, 0.15) is 0 Å². The Morgan fingerprint density at radius 2 is 2.11 bits per heavy atom. The topological polar surface area (TPSA) is 87.7 Å². The second-order valence-electron chi connectivity index (χ2n) is 3.42. The fourth-order valence-electron chi connectivity index (χ4n) is 1.22. The van der Waals surface area contributed by atoms with Crippen LogP contribution in [0.2, 0.25) is 0 Å². The minimum Gasteiger partial charge on any atom is -0.480 e. The Morgan fingerprint density at radius 3 is 2.67 bits per heavy atom. The largest absolute Gasteiger partial charge is 0.480 e. The van der Waals surface area contributed by atoms with Crippen LogP contribution in [0.3, 0.4) is 0 Å². The number of carbonyl (C=O) groups excluding carboxylic acids is 1. The number of anilines is 1. The number of hydrogen-bond acceptors (Lipinski definition) is 3. The van der Waals surface area contributed by atoms with Crippen molar-refractivity contribution in [1.82, 2.24) is 5.32 Å². The Labute approximate surface area is 118 Å². The number of nitrogens with one attached hydrogen (secondary N) is 2. The van der Waals surface area contributed by atoms with E-state index in [2.05, 4.69) is 33.2 Å². The van der Waals surface area contributed by atoms with Crippen molar-refractivity contribution in [3.63, 3.8) is 0 Å². The molecule has 7 heteroatoms. The quantitative estimate of drug-likeness (QED) is 0.692. The zero-order chi connectivity index (χ0) is 13.5. The van der Waals surface area contributed by atoms with Gasteiger partial charge < -0.3 is 20.5 Å². The highest BCUT2D eigenvalue weighted by Gasteiger charge is 2.19. The van der Waals surface area contributed by atoms with Crippen LogP contribution in [-0.4, -0.2) is 36.9 Å². The summed E-state index contributed by atoms with van der Waals surface area (Å²) in [6.07, 6.45) is 0. The maximum Gasteiger partial charge on any atom is 0.328 e. The maximum absolute atomic E-state index is 11.6. The van der Waals surface area contributed by atoms with E-state index in [1.54, 1.807) is 12.1 Å². The number of benzene rings is 1. The Balaban J connectivity index is 2.61. The van der Waals surface area contributed by atoms with Crippen LogP contribution >= 0.6 is 22.6 Å². The summed E-state index contributed by atoms with van der Waals surface area (Å²) in [5, 5.41) is 13.7. The molecule has 1 aromatic rings. The average Bonchev–Trinajstić information content (AvgIpc) is 2.31. The van der Waals surface area contributed by atoms with Gasteiger partial charge in [0.15, 0.2) is 6.04 Å². The first kappa shape index (κ1) is 14.7. The number of halogens is 1. The Bertz CT molecular complexity index is 439. The summed E-state index contributed by atoms with van der Waals surface area (Å²) in [5.74, 6) is -1.14. The molecule has 1 unspecified atom stereocenters. The molecule has 0 spiro atoms. The lowest BCUT2D eigenvalue weighted by Gasteiger charge is -2.14. The van der Waals surface area contributed by atoms with E-state index in [1.807, 2.05) is 12.1 Å². The van der Waals surface area contributed by atoms with Crippen LogP contribution in [0.5, 0.6) is 0 Å². The Morgan fingerprint density at radius 1 is 1.44 bits per heavy atom. The molecule has 0 saturated carbocycles. The number of aliphatic carboxylic acids is 1. The summed E-state index contributed by atoms with van der Waals surface area (Å²) in [6, 6.07) is 5.53. The number of methoxy groups -OCH3 is 1. The van der Waals surface area contributed by atoms with Crippen LogP contribution in [0, 0.1) is 3.57 Å². The number of para-hydroxylation sites is 1. The summed E-state index contributed by atoms with van der Waals surface area (Å²) in [7, 11) is 1.37. The maximum atomic E-state index is 11.6. The summed E-state index contributed by atoms with van der Waals surface area (Å²) in [5.41, 5.74) is 0.622. The van der Waals surface area contributed by atoms with Gasteiger partial charge in [-0.3, -0.25) is 0 Å². The van der Waals surface area contributed by atoms with Gasteiger partial charge in [0.2, 0.25) is 0 Å². The van der Waals surface area contributed by atoms with E-state index in [-0.39, 0.29) is 6.61 Å². The van der Waals surface area contributed by atoms with E-state index in [9.17, 15) is 9.59 Å². The van der Waals surface area contributed by atoms with Gasteiger partial charge in [0.1, 0.15) is 0 Å². The van der Waals surface area contributed by atoms with Gasteiger partial charge in [-0.15, -0.1) is 0 Å². The molecule has 0 aliphatic carbocycles. The Kier molecular flexibility index (Phi) is 5.86. The molecule has 0 radical (unpaired) electrons. The fourth-order valence-corrected chi connectivity index (χ4v) is 1.74. The molecule has 0 fully saturated rings. The molecule has 1 atom stereocenters. The third-order valence-electron chi connectivity index (χ3n) is 2.06. The second kappa shape index (κ2) is 7.17. The Hall–Kier alpha value is -1.35. The van der Waals surface area contributed by atoms with E-state index in [0.29, 0.717) is 5.69 Å². The lowest BCUT2D eigenvalue weighted by Crippen LogP contribution is -2.45. The normalized spacial score (nSPS) is 11.7. The van der Waals surface area contributed by atoms with Gasteiger partial charge in [-0.25, -0.2) is 9.59 Å². The molecule has 0 bridgehead atoms. The van der Waals surface area contributed by atoms with Crippen LogP contribution in [0.25, 0.3) is 0 Å². The highest BCUT2D eigenvalue weighted by atomic mass is 127. The standard InChI is InChI=1S/C11H13IN2O4/c1-18-6-9(10(15)16)14-11(17)13-8-5-3-2-4-7(8)12/h2-5,9H,6H2,1H3,(H,15,16)(H2,13,14,17). The predicted octanol–water partition coefficient (Wildman–Crippen LogP) is 1.51. The van der Waals surface area contributed by atoms with Gasteiger partial charge in [-0.05, 0) is 34.7 Å². The molecule has 0 saturated heterocycles. The predicted molar refractivity (Wildman–Crippen MR) is 74.6 cm³/mol. The lowest BCUT2D eigenvalue weighted by molar-refractivity contribution is -0.140. The zero-order valence-electron chi connectivity index (χ0n) is 9.64. The third kappa shape index (κ3) is 4.49. The first-order valence-corrected chi connectivity index (χ1v) is 6.16. The highest BCUT2D eigenvalue weighted by molar-refractivity contribution is 14.1. The number of rotatable bonds is 5. The van der Waals surface area contributed by atoms with Gasteiger partial charge >= 0.3 is 12.0 Å². The van der Waals surface area contributed by atoms with Crippen LogP contribution in [0.15, 0.2) is 24.3 Å². The van der Waals surface area contributed by atoms with E-state index in [4.69, 9.17) is 9.84 Å². The number of carboxylic acids is 1. The van der Waals surface area contributed by atoms with Crippen molar-refractivity contribution in [2.45, 2.75) is 6.04 Å². The van der Waals surface area contributed by atoms with Crippen LogP contribution < -0.4 is 10.6 Å². The molecule has 1 rings (SSSR count). The molecule has 0 aliphatic rings. The highest BCUT2D eigenvalue weighted by Crippen LogP contribution is 2.16. The monoisotopic (exact) mass is 364 g/mol. The van der Waals surface area contributed by atoms with Crippen LogP contribution in [-0.2, 0) is 9.53 Å². The molecular formula is C11H13IN2O4. The number of carboxylic acid groups (broad SMARTS) is 1. The van der Waals surface area contributed by atoms with Crippen molar-refractivity contribution >= 4 is 40.3 Å². The van der Waals surface area contributed by atoms with Gasteiger partial charge in [0, 0.05) is 10.7 Å². The van der Waals surface area contributed by atoms with Gasteiger partial charge in [-0.2, -0.15) is 0 Å². The minimum absolute atomic E-state index is 0.0887. The van der Waals surface area contributed by atoms with Crippen molar-refractivity contribution in [3.8, 4) is 0 Å². The van der Waals surface area contributed by atoms with Crippen molar-refractivity contribution in [2.24, 2.45) is 0 Å². The number of amides is 2. The van der Waals surface area contributed by atoms with Gasteiger partial charge in [-0.1, -0.05) is 12.1 Å². The van der Waals surface area contributed by atoms with Crippen molar-refractivity contribution < 1.29 is 19.4 Å². The number of hydrogen-bond donors (Lipinski definition) is 3. The molecule has 0 aliphatic heterocycles. The van der Waals surface area contributed by atoms with Crippen molar-refractivity contribution in [2.75, 3.05) is 19.0 Å². The molecule has 1 aromatic carbocycles. The molecule has 0 aromatic heterocycles. The number of urea groups is 1. The SMILES string of the molecule is COCC(NC(=O)Nc1ccccc1I)C(=O)O. The molecular weight excluding hydrogens is 351 g/mol. The van der Waals surface area contributed by atoms with Crippen molar-refractivity contribution in [1.29, 1.82) is 0 Å². The number of ether oxygens (including phenoxy) is 1. The van der Waals surface area contributed by atoms with E-state index >= 15 is 0 Å². The molecule has 18 heavy (non-hydrogen) atoms. The lowest BCUT2D eigenvalue weighted by atomic mass is 10.3. The van der Waals surface area contributed by atoms with Gasteiger partial charge in [0.05, 0.1) is 12.3 Å². The summed E-state index contributed by atoms with van der Waals surface area (Å²) in [6.45, 7) is -0.0887. The van der Waals surface area contributed by atoms with Gasteiger partial charge in [0.25, 0.3) is 0 Å². The summed E-state index contributed by atoms with van der Waals surface area (Å²) < 4.78 is 5.58. The third-order valence-corrected chi connectivity index (χ3v) is 3.00.